The molecule has 0 radical (unpaired) electrons. The minimum absolute atomic E-state index is 0.168. The van der Waals surface area contributed by atoms with E-state index in [9.17, 15) is 13.6 Å². The van der Waals surface area contributed by atoms with Gasteiger partial charge in [-0.1, -0.05) is 12.1 Å². The zero-order valence-corrected chi connectivity index (χ0v) is 11.5. The summed E-state index contributed by atoms with van der Waals surface area (Å²) < 4.78 is 30.7. The maximum absolute atomic E-state index is 12.6. The Balaban J connectivity index is 2.61. The number of alkyl halides is 2. The number of amides is 1. The molecule has 5 heteroatoms. The summed E-state index contributed by atoms with van der Waals surface area (Å²) in [6, 6.07) is 6.81. The van der Waals surface area contributed by atoms with Gasteiger partial charge < -0.3 is 9.64 Å². The highest BCUT2D eigenvalue weighted by Gasteiger charge is 2.20. The van der Waals surface area contributed by atoms with E-state index >= 15 is 0 Å². The monoisotopic (exact) mass is 271 g/mol. The fourth-order valence-electron chi connectivity index (χ4n) is 1.57. The molecule has 106 valence electrons. The van der Waals surface area contributed by atoms with Crippen LogP contribution in [0.5, 0.6) is 5.75 Å². The number of halogens is 2. The summed E-state index contributed by atoms with van der Waals surface area (Å²) in [4.78, 5) is 13.3. The van der Waals surface area contributed by atoms with Crippen molar-refractivity contribution in [3.63, 3.8) is 0 Å². The lowest BCUT2D eigenvalue weighted by atomic mass is 10.2. The Labute approximate surface area is 112 Å². The minimum atomic E-state index is -2.68. The van der Waals surface area contributed by atoms with Gasteiger partial charge in [0.05, 0.1) is 12.2 Å². The highest BCUT2D eigenvalue weighted by Crippen LogP contribution is 2.22. The Morgan fingerprint density at radius 3 is 2.53 bits per heavy atom. The first kappa shape index (κ1) is 15.4. The van der Waals surface area contributed by atoms with Crippen molar-refractivity contribution >= 4 is 5.91 Å². The van der Waals surface area contributed by atoms with Crippen LogP contribution < -0.4 is 4.74 Å². The van der Waals surface area contributed by atoms with Gasteiger partial charge >= 0.3 is 0 Å². The van der Waals surface area contributed by atoms with Gasteiger partial charge in [0.15, 0.2) is 0 Å². The van der Waals surface area contributed by atoms with Crippen LogP contribution >= 0.6 is 0 Å². The predicted octanol–water partition coefficient (Wildman–Crippen LogP) is 3.20. The second-order valence-corrected chi connectivity index (χ2v) is 4.72. The van der Waals surface area contributed by atoms with Crippen molar-refractivity contribution in [2.24, 2.45) is 0 Å². The second-order valence-electron chi connectivity index (χ2n) is 4.72. The van der Waals surface area contributed by atoms with Crippen molar-refractivity contribution in [1.82, 2.24) is 4.90 Å². The number of carbonyl (C=O) groups is 1. The van der Waals surface area contributed by atoms with E-state index in [2.05, 4.69) is 0 Å². The van der Waals surface area contributed by atoms with Gasteiger partial charge in [0.25, 0.3) is 5.91 Å². The summed E-state index contributed by atoms with van der Waals surface area (Å²) >= 11 is 0. The Morgan fingerprint density at radius 2 is 1.95 bits per heavy atom. The first-order valence-corrected chi connectivity index (χ1v) is 6.12. The summed E-state index contributed by atoms with van der Waals surface area (Å²) in [5, 5.41) is 0. The van der Waals surface area contributed by atoms with E-state index in [1.54, 1.807) is 38.4 Å². The molecule has 1 rings (SSSR count). The molecule has 0 heterocycles. The Bertz CT molecular complexity index is 428. The van der Waals surface area contributed by atoms with Crippen molar-refractivity contribution in [3.8, 4) is 5.75 Å². The summed E-state index contributed by atoms with van der Waals surface area (Å²) in [5.41, 5.74) is 0.441. The topological polar surface area (TPSA) is 29.5 Å². The molecule has 0 saturated heterocycles. The average Bonchev–Trinajstić information content (AvgIpc) is 2.33. The van der Waals surface area contributed by atoms with Crippen molar-refractivity contribution in [3.05, 3.63) is 29.8 Å². The quantitative estimate of drug-likeness (QED) is 0.744. The van der Waals surface area contributed by atoms with Crippen molar-refractivity contribution in [2.45, 2.75) is 25.7 Å². The number of rotatable bonds is 6. The molecule has 0 aliphatic rings. The normalized spacial score (nSPS) is 11.2. The third-order valence-electron chi connectivity index (χ3n) is 2.54. The van der Waals surface area contributed by atoms with Crippen LogP contribution in [0.15, 0.2) is 24.3 Å². The maximum Gasteiger partial charge on any atom is 0.257 e. The van der Waals surface area contributed by atoms with Crippen molar-refractivity contribution < 1.29 is 18.3 Å². The molecule has 1 aromatic rings. The fraction of sp³-hybridized carbons (Fsp3) is 0.500. The summed E-state index contributed by atoms with van der Waals surface area (Å²) in [7, 11) is 3.30. The third kappa shape index (κ3) is 5.24. The third-order valence-corrected chi connectivity index (χ3v) is 2.54. The van der Waals surface area contributed by atoms with E-state index in [1.807, 2.05) is 0 Å². The van der Waals surface area contributed by atoms with E-state index in [1.165, 1.54) is 4.90 Å². The van der Waals surface area contributed by atoms with Crippen LogP contribution in [-0.2, 0) is 0 Å². The van der Waals surface area contributed by atoms with Crippen LogP contribution in [0.25, 0.3) is 0 Å². The van der Waals surface area contributed by atoms with Gasteiger partial charge in [-0.05, 0) is 25.5 Å². The van der Waals surface area contributed by atoms with Gasteiger partial charge in [0, 0.05) is 20.5 Å². The lowest BCUT2D eigenvalue weighted by Crippen LogP contribution is -2.22. The Morgan fingerprint density at radius 1 is 1.32 bits per heavy atom. The summed E-state index contributed by atoms with van der Waals surface area (Å²) in [5.74, 6) is -2.42. The molecule has 0 aliphatic heterocycles. The van der Waals surface area contributed by atoms with Crippen LogP contribution in [-0.4, -0.2) is 37.4 Å². The highest BCUT2D eigenvalue weighted by molar-refractivity contribution is 5.96. The van der Waals surface area contributed by atoms with E-state index in [0.717, 1.165) is 6.92 Å². The smallest absolute Gasteiger partial charge is 0.257 e. The SMILES string of the molecule is CN(C)C(=O)c1ccccc1OCCCC(C)(F)F. The molecule has 0 atom stereocenters. The standard InChI is InChI=1S/C14H19F2NO2/c1-14(15,16)9-6-10-19-12-8-5-4-7-11(12)13(18)17(2)3/h4-5,7-8H,6,9-10H2,1-3H3. The average molecular weight is 271 g/mol. The molecule has 1 amide bonds. The summed E-state index contributed by atoms with van der Waals surface area (Å²) in [6.45, 7) is 1.05. The Hall–Kier alpha value is -1.65. The first-order chi connectivity index (χ1) is 8.81. The minimum Gasteiger partial charge on any atom is -0.493 e. The molecule has 0 bridgehead atoms. The molecule has 0 aromatic heterocycles. The van der Waals surface area contributed by atoms with Crippen LogP contribution in [0.4, 0.5) is 8.78 Å². The Kier molecular flexibility index (Phi) is 5.27. The van der Waals surface area contributed by atoms with Crippen LogP contribution in [0, 0.1) is 0 Å². The van der Waals surface area contributed by atoms with Crippen molar-refractivity contribution in [2.75, 3.05) is 20.7 Å². The molecule has 0 unspecified atom stereocenters. The molecule has 0 saturated carbocycles. The number of benzene rings is 1. The van der Waals surface area contributed by atoms with Gasteiger partial charge in [-0.2, -0.15) is 0 Å². The van der Waals surface area contributed by atoms with Gasteiger partial charge in [-0.15, -0.1) is 0 Å². The predicted molar refractivity (Wildman–Crippen MR) is 69.8 cm³/mol. The lowest BCUT2D eigenvalue weighted by Gasteiger charge is -2.15. The van der Waals surface area contributed by atoms with E-state index in [0.29, 0.717) is 11.3 Å². The molecule has 1 aromatic carbocycles. The number of hydrogen-bond donors (Lipinski definition) is 0. The number of carbonyl (C=O) groups excluding carboxylic acids is 1. The number of ether oxygens (including phenoxy) is 1. The molecular weight excluding hydrogens is 252 g/mol. The van der Waals surface area contributed by atoms with Gasteiger partial charge in [-0.3, -0.25) is 4.79 Å². The second kappa shape index (κ2) is 6.50. The van der Waals surface area contributed by atoms with Gasteiger partial charge in [0.2, 0.25) is 5.92 Å². The van der Waals surface area contributed by atoms with Gasteiger partial charge in [-0.25, -0.2) is 8.78 Å². The molecule has 0 N–H and O–H groups in total. The van der Waals surface area contributed by atoms with Gasteiger partial charge in [0.1, 0.15) is 5.75 Å². The van der Waals surface area contributed by atoms with Crippen LogP contribution in [0.2, 0.25) is 0 Å². The number of para-hydroxylation sites is 1. The lowest BCUT2D eigenvalue weighted by molar-refractivity contribution is 0.00763. The first-order valence-electron chi connectivity index (χ1n) is 6.12. The van der Waals surface area contributed by atoms with E-state index < -0.39 is 5.92 Å². The zero-order chi connectivity index (χ0) is 14.5. The molecule has 0 aliphatic carbocycles. The van der Waals surface area contributed by atoms with E-state index in [-0.39, 0.29) is 25.4 Å². The highest BCUT2D eigenvalue weighted by atomic mass is 19.3. The number of nitrogens with zero attached hydrogens (tertiary/aromatic N) is 1. The van der Waals surface area contributed by atoms with Crippen LogP contribution in [0.3, 0.4) is 0 Å². The number of hydrogen-bond acceptors (Lipinski definition) is 2. The molecule has 3 nitrogen and oxygen atoms in total. The van der Waals surface area contributed by atoms with Crippen molar-refractivity contribution in [1.29, 1.82) is 0 Å². The fourth-order valence-corrected chi connectivity index (χ4v) is 1.57. The molecule has 19 heavy (non-hydrogen) atoms. The molecular formula is C14H19F2NO2. The van der Waals surface area contributed by atoms with Crippen LogP contribution in [0.1, 0.15) is 30.1 Å². The summed E-state index contributed by atoms with van der Waals surface area (Å²) in [6.07, 6.45) is 0.0186. The van der Waals surface area contributed by atoms with E-state index in [4.69, 9.17) is 4.74 Å². The molecule has 0 spiro atoms. The largest absolute Gasteiger partial charge is 0.493 e. The molecule has 0 fully saturated rings. The zero-order valence-electron chi connectivity index (χ0n) is 11.5. The maximum atomic E-state index is 12.6.